The van der Waals surface area contributed by atoms with Crippen LogP contribution in [0.25, 0.3) is 10.9 Å². The van der Waals surface area contributed by atoms with Crippen LogP contribution in [0.15, 0.2) is 29.1 Å². The van der Waals surface area contributed by atoms with E-state index < -0.39 is 10.0 Å². The Morgan fingerprint density at radius 3 is 2.56 bits per heavy atom. The monoisotopic (exact) mass is 393 g/mol. The number of carbonyl (C=O) groups excluding carboxylic acids is 1. The normalized spacial score (nSPS) is 16.4. The summed E-state index contributed by atoms with van der Waals surface area (Å²) in [5.74, 6) is -0.269. The second kappa shape index (κ2) is 7.65. The van der Waals surface area contributed by atoms with E-state index in [1.165, 1.54) is 15.1 Å². The molecule has 2 N–H and O–H groups in total. The number of hydrogen-bond donors (Lipinski definition) is 2. The zero-order valence-electron chi connectivity index (χ0n) is 15.3. The number of rotatable bonds is 5. The van der Waals surface area contributed by atoms with E-state index in [4.69, 9.17) is 0 Å². The van der Waals surface area contributed by atoms with E-state index in [1.807, 2.05) is 6.92 Å². The van der Waals surface area contributed by atoms with Gasteiger partial charge in [0, 0.05) is 25.6 Å². The number of anilines is 1. The van der Waals surface area contributed by atoms with Crippen LogP contribution in [0.3, 0.4) is 0 Å². The fraction of sp³-hybridized carbons (Fsp3) is 0.471. The zero-order chi connectivity index (χ0) is 19.6. The fourth-order valence-electron chi connectivity index (χ4n) is 3.23. The molecule has 27 heavy (non-hydrogen) atoms. The number of amides is 1. The number of para-hydroxylation sites is 1. The molecule has 9 nitrogen and oxygen atoms in total. The summed E-state index contributed by atoms with van der Waals surface area (Å²) in [6, 6.07) is 7.03. The van der Waals surface area contributed by atoms with Crippen molar-refractivity contribution in [2.75, 3.05) is 24.8 Å². The van der Waals surface area contributed by atoms with E-state index in [0.29, 0.717) is 43.4 Å². The number of sulfonamides is 1. The molecule has 2 heterocycles. The Morgan fingerprint density at radius 2 is 1.93 bits per heavy atom. The van der Waals surface area contributed by atoms with E-state index in [0.717, 1.165) is 0 Å². The van der Waals surface area contributed by atoms with Crippen LogP contribution in [-0.4, -0.2) is 47.5 Å². The maximum absolute atomic E-state index is 12.6. The molecule has 2 aromatic rings. The minimum atomic E-state index is -3.23. The summed E-state index contributed by atoms with van der Waals surface area (Å²) in [7, 11) is -3.23. The summed E-state index contributed by atoms with van der Waals surface area (Å²) in [5, 5.41) is 0.518. The van der Waals surface area contributed by atoms with Gasteiger partial charge in [0.2, 0.25) is 21.9 Å². The van der Waals surface area contributed by atoms with Gasteiger partial charge in [-0.3, -0.25) is 25.0 Å². The van der Waals surface area contributed by atoms with Crippen molar-refractivity contribution in [3.63, 3.8) is 0 Å². The van der Waals surface area contributed by atoms with Crippen LogP contribution in [0.2, 0.25) is 0 Å². The molecule has 0 bridgehead atoms. The minimum absolute atomic E-state index is 0.179. The largest absolute Gasteiger partial charge is 0.277 e. The molecule has 1 amide bonds. The second-order valence-corrected chi connectivity index (χ2v) is 8.53. The summed E-state index contributed by atoms with van der Waals surface area (Å²) >= 11 is 0. The molecule has 146 valence electrons. The van der Waals surface area contributed by atoms with Crippen LogP contribution in [0.5, 0.6) is 0 Å². The van der Waals surface area contributed by atoms with E-state index in [2.05, 4.69) is 15.8 Å². The number of piperidine rings is 1. The highest BCUT2D eigenvalue weighted by Gasteiger charge is 2.29. The molecule has 0 aliphatic carbocycles. The Hall–Kier alpha value is -2.46. The third-order valence-electron chi connectivity index (χ3n) is 4.77. The number of carbonyl (C=O) groups is 1. The van der Waals surface area contributed by atoms with Gasteiger partial charge in [-0.2, -0.15) is 0 Å². The molecule has 0 spiro atoms. The standard InChI is InChI=1S/C17H23N5O4S/c1-3-22-16(24)13-6-4-5-7-14(13)18-17(22)20-19-15(23)12-8-10-21(11-9-12)27(2,25)26/h4-7,12H,3,8-11H2,1-2H3,(H,18,20)(H,19,23). The highest BCUT2D eigenvalue weighted by Crippen LogP contribution is 2.19. The third kappa shape index (κ3) is 4.11. The van der Waals surface area contributed by atoms with Gasteiger partial charge in [-0.15, -0.1) is 0 Å². The summed E-state index contributed by atoms with van der Waals surface area (Å²) in [5.41, 5.74) is 5.73. The van der Waals surface area contributed by atoms with Gasteiger partial charge in [-0.05, 0) is 31.9 Å². The average Bonchev–Trinajstić information content (AvgIpc) is 2.65. The number of hydrazine groups is 1. The van der Waals surface area contributed by atoms with Crippen LogP contribution < -0.4 is 16.4 Å². The van der Waals surface area contributed by atoms with E-state index in [-0.39, 0.29) is 23.3 Å². The molecule has 0 unspecified atom stereocenters. The molecule has 1 aliphatic heterocycles. The van der Waals surface area contributed by atoms with Crippen molar-refractivity contribution >= 4 is 32.8 Å². The predicted octanol–water partition coefficient (Wildman–Crippen LogP) is 0.531. The van der Waals surface area contributed by atoms with E-state index >= 15 is 0 Å². The topological polar surface area (TPSA) is 113 Å². The lowest BCUT2D eigenvalue weighted by atomic mass is 9.98. The SMILES string of the molecule is CCn1c(NNC(=O)C2CCN(S(C)(=O)=O)CC2)nc2ccccc2c1=O. The quantitative estimate of drug-likeness (QED) is 0.717. The molecule has 0 saturated carbocycles. The van der Waals surface area contributed by atoms with Crippen LogP contribution in [0, 0.1) is 5.92 Å². The molecule has 0 atom stereocenters. The number of hydrogen-bond acceptors (Lipinski definition) is 6. The molecular weight excluding hydrogens is 370 g/mol. The first-order chi connectivity index (χ1) is 12.8. The van der Waals surface area contributed by atoms with Crippen molar-refractivity contribution in [1.29, 1.82) is 0 Å². The first kappa shape index (κ1) is 19.3. The van der Waals surface area contributed by atoms with Crippen molar-refractivity contribution in [3.05, 3.63) is 34.6 Å². The number of nitrogens with one attached hydrogen (secondary N) is 2. The maximum atomic E-state index is 12.6. The number of fused-ring (bicyclic) bond motifs is 1. The van der Waals surface area contributed by atoms with Gasteiger partial charge in [-0.1, -0.05) is 12.1 Å². The van der Waals surface area contributed by atoms with E-state index in [1.54, 1.807) is 24.3 Å². The highest BCUT2D eigenvalue weighted by molar-refractivity contribution is 7.88. The molecule has 1 fully saturated rings. The molecule has 0 radical (unpaired) electrons. The minimum Gasteiger partial charge on any atom is -0.277 e. The van der Waals surface area contributed by atoms with Crippen LogP contribution >= 0.6 is 0 Å². The first-order valence-electron chi connectivity index (χ1n) is 8.82. The smallest absolute Gasteiger partial charge is 0.262 e. The van der Waals surface area contributed by atoms with Crippen molar-refractivity contribution in [3.8, 4) is 0 Å². The maximum Gasteiger partial charge on any atom is 0.262 e. The van der Waals surface area contributed by atoms with Crippen molar-refractivity contribution in [2.24, 2.45) is 5.92 Å². The van der Waals surface area contributed by atoms with Gasteiger partial charge >= 0.3 is 0 Å². The Kier molecular flexibility index (Phi) is 5.47. The second-order valence-electron chi connectivity index (χ2n) is 6.55. The third-order valence-corrected chi connectivity index (χ3v) is 6.07. The van der Waals surface area contributed by atoms with Gasteiger partial charge in [0.25, 0.3) is 5.56 Å². The Labute approximate surface area is 157 Å². The first-order valence-corrected chi connectivity index (χ1v) is 10.7. The molecule has 1 aliphatic rings. The summed E-state index contributed by atoms with van der Waals surface area (Å²) in [4.78, 5) is 29.4. The predicted molar refractivity (Wildman–Crippen MR) is 103 cm³/mol. The van der Waals surface area contributed by atoms with Crippen molar-refractivity contribution in [1.82, 2.24) is 19.3 Å². The molecule has 1 saturated heterocycles. The lowest BCUT2D eigenvalue weighted by molar-refractivity contribution is -0.125. The van der Waals surface area contributed by atoms with Gasteiger partial charge in [0.1, 0.15) is 0 Å². The molecule has 1 aromatic heterocycles. The molecule has 10 heteroatoms. The number of nitrogens with zero attached hydrogens (tertiary/aromatic N) is 3. The van der Waals surface area contributed by atoms with Crippen LogP contribution in [-0.2, 0) is 21.4 Å². The fourth-order valence-corrected chi connectivity index (χ4v) is 4.10. The molecular formula is C17H23N5O4S. The van der Waals surface area contributed by atoms with Crippen LogP contribution in [0.1, 0.15) is 19.8 Å². The molecule has 1 aromatic carbocycles. The summed E-state index contributed by atoms with van der Waals surface area (Å²) in [6.45, 7) is 2.88. The van der Waals surface area contributed by atoms with Crippen molar-refractivity contribution in [2.45, 2.75) is 26.3 Å². The number of aromatic nitrogens is 2. The van der Waals surface area contributed by atoms with Crippen LogP contribution in [0.4, 0.5) is 5.95 Å². The van der Waals surface area contributed by atoms with E-state index in [9.17, 15) is 18.0 Å². The Balaban J connectivity index is 1.70. The highest BCUT2D eigenvalue weighted by atomic mass is 32.2. The average molecular weight is 393 g/mol. The zero-order valence-corrected chi connectivity index (χ0v) is 16.1. The number of benzene rings is 1. The van der Waals surface area contributed by atoms with Gasteiger partial charge in [-0.25, -0.2) is 17.7 Å². The van der Waals surface area contributed by atoms with Gasteiger partial charge in [0.15, 0.2) is 0 Å². The van der Waals surface area contributed by atoms with Crippen molar-refractivity contribution < 1.29 is 13.2 Å². The lowest BCUT2D eigenvalue weighted by Gasteiger charge is -2.29. The van der Waals surface area contributed by atoms with Gasteiger partial charge in [0.05, 0.1) is 17.2 Å². The lowest BCUT2D eigenvalue weighted by Crippen LogP contribution is -2.44. The summed E-state index contributed by atoms with van der Waals surface area (Å²) in [6.07, 6.45) is 2.07. The Bertz CT molecular complexity index is 1010. The Morgan fingerprint density at radius 1 is 1.26 bits per heavy atom. The molecule has 3 rings (SSSR count). The van der Waals surface area contributed by atoms with Gasteiger partial charge < -0.3 is 0 Å². The summed E-state index contributed by atoms with van der Waals surface area (Å²) < 4.78 is 25.9.